The van der Waals surface area contributed by atoms with Crippen LogP contribution in [0.15, 0.2) is 24.3 Å². The molecule has 2 aromatic rings. The van der Waals surface area contributed by atoms with E-state index in [1.807, 2.05) is 19.2 Å². The molecule has 2 heterocycles. The zero-order chi connectivity index (χ0) is 16.0. The van der Waals surface area contributed by atoms with Crippen LogP contribution in [0.25, 0.3) is 0 Å². The number of likely N-dealkylation sites (N-methyl/N-ethyl adjacent to an activating group) is 1. The highest BCUT2D eigenvalue weighted by atomic mass is 19.1. The normalized spacial score (nSPS) is 20.4. The first kappa shape index (κ1) is 14.4. The highest BCUT2D eigenvalue weighted by Crippen LogP contribution is 2.41. The summed E-state index contributed by atoms with van der Waals surface area (Å²) in [6.45, 7) is 1.89. The van der Waals surface area contributed by atoms with Crippen molar-refractivity contribution in [2.75, 3.05) is 30.8 Å². The first-order valence-electron chi connectivity index (χ1n) is 7.99. The maximum Gasteiger partial charge on any atom is 0.222 e. The van der Waals surface area contributed by atoms with Gasteiger partial charge < -0.3 is 16.0 Å². The molecule has 1 saturated heterocycles. The van der Waals surface area contributed by atoms with Crippen molar-refractivity contribution in [3.05, 3.63) is 46.9 Å². The van der Waals surface area contributed by atoms with Crippen molar-refractivity contribution in [1.29, 1.82) is 0 Å². The molecule has 0 spiro atoms. The zero-order valence-corrected chi connectivity index (χ0v) is 13.1. The Morgan fingerprint density at radius 2 is 1.96 bits per heavy atom. The van der Waals surface area contributed by atoms with Crippen molar-refractivity contribution in [2.45, 2.75) is 24.8 Å². The van der Waals surface area contributed by atoms with Crippen molar-refractivity contribution >= 4 is 11.8 Å². The standard InChI is InChI=1S/C17H20FN5/c1-20-12-8-23(9-12)16-14-7-6-13(15(14)21-17(19)22-16)10-2-4-11(18)5-3-10/h2-5,12-13,20H,6-9H2,1H3,(H2,19,21,22). The van der Waals surface area contributed by atoms with Gasteiger partial charge in [-0.25, -0.2) is 9.37 Å². The van der Waals surface area contributed by atoms with Crippen LogP contribution in [0.1, 0.15) is 29.2 Å². The van der Waals surface area contributed by atoms with Gasteiger partial charge in [0.25, 0.3) is 0 Å². The predicted octanol–water partition coefficient (Wildman–Crippen LogP) is 1.68. The molecule has 4 rings (SSSR count). The van der Waals surface area contributed by atoms with Crippen LogP contribution in [-0.2, 0) is 6.42 Å². The Labute approximate surface area is 134 Å². The zero-order valence-electron chi connectivity index (χ0n) is 13.1. The number of aromatic nitrogens is 2. The van der Waals surface area contributed by atoms with Gasteiger partial charge in [-0.3, -0.25) is 0 Å². The number of halogens is 1. The van der Waals surface area contributed by atoms with Crippen LogP contribution in [0, 0.1) is 5.82 Å². The van der Waals surface area contributed by atoms with E-state index < -0.39 is 0 Å². The Balaban J connectivity index is 1.69. The van der Waals surface area contributed by atoms with E-state index in [2.05, 4.69) is 20.2 Å². The lowest BCUT2D eigenvalue weighted by Crippen LogP contribution is -2.57. The average Bonchev–Trinajstić information content (AvgIpc) is 2.90. The summed E-state index contributed by atoms with van der Waals surface area (Å²) in [5, 5.41) is 3.27. The van der Waals surface area contributed by atoms with E-state index in [-0.39, 0.29) is 11.7 Å². The van der Waals surface area contributed by atoms with Crippen LogP contribution in [0.4, 0.5) is 16.2 Å². The third-order valence-electron chi connectivity index (χ3n) is 4.91. The van der Waals surface area contributed by atoms with Crippen molar-refractivity contribution in [2.24, 2.45) is 0 Å². The van der Waals surface area contributed by atoms with Crippen LogP contribution in [0.3, 0.4) is 0 Å². The number of nitrogens with zero attached hydrogens (tertiary/aromatic N) is 3. The highest BCUT2D eigenvalue weighted by molar-refractivity contribution is 5.58. The molecule has 0 radical (unpaired) electrons. The minimum Gasteiger partial charge on any atom is -0.368 e. The molecule has 1 aliphatic carbocycles. The molecule has 1 unspecified atom stereocenters. The first-order valence-corrected chi connectivity index (χ1v) is 7.99. The van der Waals surface area contributed by atoms with E-state index in [1.54, 1.807) is 0 Å². The number of benzene rings is 1. The summed E-state index contributed by atoms with van der Waals surface area (Å²) in [7, 11) is 1.98. The van der Waals surface area contributed by atoms with Crippen LogP contribution in [-0.4, -0.2) is 36.1 Å². The van der Waals surface area contributed by atoms with Gasteiger partial charge >= 0.3 is 0 Å². The molecule has 3 N–H and O–H groups in total. The fourth-order valence-electron chi connectivity index (χ4n) is 3.58. The molecule has 5 nitrogen and oxygen atoms in total. The number of hydrogen-bond donors (Lipinski definition) is 2. The number of nitrogens with one attached hydrogen (secondary N) is 1. The molecule has 0 bridgehead atoms. The van der Waals surface area contributed by atoms with Gasteiger partial charge in [0.1, 0.15) is 11.6 Å². The Morgan fingerprint density at radius 1 is 1.22 bits per heavy atom. The summed E-state index contributed by atoms with van der Waals surface area (Å²) in [5.41, 5.74) is 9.25. The van der Waals surface area contributed by atoms with Gasteiger partial charge in [-0.2, -0.15) is 4.98 Å². The van der Waals surface area contributed by atoms with E-state index in [0.717, 1.165) is 43.0 Å². The second-order valence-electron chi connectivity index (χ2n) is 6.30. The maximum atomic E-state index is 13.2. The van der Waals surface area contributed by atoms with Gasteiger partial charge in [0.15, 0.2) is 0 Å². The number of fused-ring (bicyclic) bond motifs is 1. The molecule has 1 aromatic heterocycles. The Morgan fingerprint density at radius 3 is 2.65 bits per heavy atom. The molecule has 2 aliphatic rings. The highest BCUT2D eigenvalue weighted by Gasteiger charge is 2.34. The van der Waals surface area contributed by atoms with Crippen molar-refractivity contribution in [3.8, 4) is 0 Å². The molecule has 0 saturated carbocycles. The summed E-state index contributed by atoms with van der Waals surface area (Å²) >= 11 is 0. The summed E-state index contributed by atoms with van der Waals surface area (Å²) in [4.78, 5) is 11.2. The summed E-state index contributed by atoms with van der Waals surface area (Å²) < 4.78 is 13.2. The molecule has 120 valence electrons. The lowest BCUT2D eigenvalue weighted by Gasteiger charge is -2.40. The number of hydrogen-bond acceptors (Lipinski definition) is 5. The third kappa shape index (κ3) is 2.43. The van der Waals surface area contributed by atoms with Crippen molar-refractivity contribution < 1.29 is 4.39 Å². The second-order valence-corrected chi connectivity index (χ2v) is 6.30. The largest absolute Gasteiger partial charge is 0.368 e. The van der Waals surface area contributed by atoms with Gasteiger partial charge in [0, 0.05) is 30.6 Å². The summed E-state index contributed by atoms with van der Waals surface area (Å²) in [6, 6.07) is 7.20. The van der Waals surface area contributed by atoms with Crippen LogP contribution >= 0.6 is 0 Å². The monoisotopic (exact) mass is 313 g/mol. The second kappa shape index (κ2) is 5.45. The van der Waals surface area contributed by atoms with E-state index >= 15 is 0 Å². The third-order valence-corrected chi connectivity index (χ3v) is 4.91. The molecule has 1 aromatic carbocycles. The lowest BCUT2D eigenvalue weighted by molar-refractivity contribution is 0.446. The molecular weight excluding hydrogens is 293 g/mol. The number of rotatable bonds is 3. The van der Waals surface area contributed by atoms with Crippen LogP contribution < -0.4 is 16.0 Å². The van der Waals surface area contributed by atoms with E-state index in [4.69, 9.17) is 5.73 Å². The predicted molar refractivity (Wildman–Crippen MR) is 88.1 cm³/mol. The minimum absolute atomic E-state index is 0.177. The molecule has 23 heavy (non-hydrogen) atoms. The molecule has 1 atom stereocenters. The summed E-state index contributed by atoms with van der Waals surface area (Å²) in [5.74, 6) is 1.26. The van der Waals surface area contributed by atoms with E-state index in [9.17, 15) is 4.39 Å². The first-order chi connectivity index (χ1) is 11.2. The lowest BCUT2D eigenvalue weighted by atomic mass is 9.96. The quantitative estimate of drug-likeness (QED) is 0.902. The molecule has 1 aliphatic heterocycles. The van der Waals surface area contributed by atoms with Crippen LogP contribution in [0.2, 0.25) is 0 Å². The van der Waals surface area contributed by atoms with Gasteiger partial charge in [-0.15, -0.1) is 0 Å². The maximum absolute atomic E-state index is 13.2. The minimum atomic E-state index is -0.214. The number of nitrogen functional groups attached to an aromatic ring is 1. The molecule has 0 amide bonds. The Hall–Kier alpha value is -2.21. The van der Waals surface area contributed by atoms with Gasteiger partial charge in [-0.1, -0.05) is 12.1 Å². The molecular formula is C17H20FN5. The van der Waals surface area contributed by atoms with Gasteiger partial charge in [-0.05, 0) is 37.6 Å². The van der Waals surface area contributed by atoms with Crippen molar-refractivity contribution in [3.63, 3.8) is 0 Å². The van der Waals surface area contributed by atoms with E-state index in [1.165, 1.54) is 17.7 Å². The van der Waals surface area contributed by atoms with Crippen molar-refractivity contribution in [1.82, 2.24) is 15.3 Å². The average molecular weight is 313 g/mol. The number of anilines is 2. The fraction of sp³-hybridized carbons (Fsp3) is 0.412. The Kier molecular flexibility index (Phi) is 3.41. The van der Waals surface area contributed by atoms with Gasteiger partial charge in [0.2, 0.25) is 5.95 Å². The summed E-state index contributed by atoms with van der Waals surface area (Å²) in [6.07, 6.45) is 1.91. The van der Waals surface area contributed by atoms with E-state index in [0.29, 0.717) is 12.0 Å². The molecule has 1 fully saturated rings. The van der Waals surface area contributed by atoms with Crippen LogP contribution in [0.5, 0.6) is 0 Å². The van der Waals surface area contributed by atoms with Gasteiger partial charge in [0.05, 0.1) is 5.69 Å². The topological polar surface area (TPSA) is 67.1 Å². The number of nitrogens with two attached hydrogens (primary N) is 1. The fourth-order valence-corrected chi connectivity index (χ4v) is 3.58. The smallest absolute Gasteiger partial charge is 0.222 e. The molecule has 6 heteroatoms. The Bertz CT molecular complexity index is 725. The SMILES string of the molecule is CNC1CN(c2nc(N)nc3c2CCC3c2ccc(F)cc2)C1.